The molecule has 0 bridgehead atoms. The topological polar surface area (TPSA) is 26.9 Å². The molecule has 0 N–H and O–H groups in total. The monoisotopic (exact) mass is 203 g/mol. The number of aromatic nitrogens is 1. The Morgan fingerprint density at radius 1 is 1.67 bits per heavy atom. The van der Waals surface area contributed by atoms with Crippen molar-refractivity contribution in [1.82, 2.24) is 0 Å². The second kappa shape index (κ2) is 4.58. The summed E-state index contributed by atoms with van der Waals surface area (Å²) in [4.78, 5) is 1.05. The zero-order valence-corrected chi connectivity index (χ0v) is 8.36. The van der Waals surface area contributed by atoms with E-state index in [4.69, 9.17) is 11.6 Å². The molecule has 0 spiro atoms. The fourth-order valence-electron chi connectivity index (χ4n) is 0.751. The Hall–Kier alpha value is -0.410. The lowest BCUT2D eigenvalue weighted by molar-refractivity contribution is -0.603. The summed E-state index contributed by atoms with van der Waals surface area (Å²) in [6.45, 7) is 2.12. The molecule has 0 aromatic carbocycles. The molecule has 1 aromatic heterocycles. The fraction of sp³-hybridized carbons (Fsp3) is 0.375. The van der Waals surface area contributed by atoms with Gasteiger partial charge in [-0.2, -0.15) is 4.73 Å². The second-order valence-corrected chi connectivity index (χ2v) is 3.92. The van der Waals surface area contributed by atoms with Crippen LogP contribution in [-0.2, 0) is 0 Å². The van der Waals surface area contributed by atoms with Crippen molar-refractivity contribution in [3.8, 4) is 0 Å². The standard InChI is InChI=1S/C8H10ClNOS/c1-2-5-12-7-3-4-10(11)8(9)6-7/h3-4,6H,2,5H2,1H3. The van der Waals surface area contributed by atoms with Gasteiger partial charge in [0.25, 0.3) is 5.15 Å². The molecule has 1 heterocycles. The van der Waals surface area contributed by atoms with Gasteiger partial charge in [-0.15, -0.1) is 11.8 Å². The summed E-state index contributed by atoms with van der Waals surface area (Å²) in [5.41, 5.74) is 0. The molecule has 1 aromatic rings. The predicted molar refractivity (Wildman–Crippen MR) is 51.4 cm³/mol. The van der Waals surface area contributed by atoms with Gasteiger partial charge < -0.3 is 5.21 Å². The van der Waals surface area contributed by atoms with Crippen LogP contribution in [0.1, 0.15) is 13.3 Å². The van der Waals surface area contributed by atoms with E-state index in [1.807, 2.05) is 0 Å². The lowest BCUT2D eigenvalue weighted by atomic mass is 10.5. The predicted octanol–water partition coefficient (Wildman–Crippen LogP) is 2.48. The van der Waals surface area contributed by atoms with Gasteiger partial charge in [0.15, 0.2) is 6.20 Å². The summed E-state index contributed by atoms with van der Waals surface area (Å²) in [6.07, 6.45) is 2.55. The van der Waals surface area contributed by atoms with Crippen LogP contribution < -0.4 is 4.73 Å². The third kappa shape index (κ3) is 2.57. The van der Waals surface area contributed by atoms with Crippen LogP contribution in [0.2, 0.25) is 5.15 Å². The second-order valence-electron chi connectivity index (χ2n) is 2.36. The van der Waals surface area contributed by atoms with Crippen LogP contribution in [0.15, 0.2) is 23.2 Å². The summed E-state index contributed by atoms with van der Waals surface area (Å²) in [6, 6.07) is 3.47. The lowest BCUT2D eigenvalue weighted by Gasteiger charge is -2.00. The molecule has 2 nitrogen and oxygen atoms in total. The van der Waals surface area contributed by atoms with Crippen molar-refractivity contribution < 1.29 is 4.73 Å². The van der Waals surface area contributed by atoms with Crippen molar-refractivity contribution in [3.05, 3.63) is 28.7 Å². The van der Waals surface area contributed by atoms with E-state index in [1.165, 1.54) is 6.20 Å². The highest BCUT2D eigenvalue weighted by Crippen LogP contribution is 2.19. The highest BCUT2D eigenvalue weighted by molar-refractivity contribution is 7.99. The Labute approximate surface area is 81.1 Å². The van der Waals surface area contributed by atoms with Crippen molar-refractivity contribution in [2.75, 3.05) is 5.75 Å². The van der Waals surface area contributed by atoms with Gasteiger partial charge in [-0.1, -0.05) is 6.92 Å². The minimum Gasteiger partial charge on any atom is -0.618 e. The van der Waals surface area contributed by atoms with Gasteiger partial charge in [-0.05, 0) is 23.8 Å². The molecule has 1 rings (SSSR count). The molecule has 0 aliphatic heterocycles. The zero-order chi connectivity index (χ0) is 8.97. The van der Waals surface area contributed by atoms with Crippen LogP contribution in [0.25, 0.3) is 0 Å². The number of hydrogen-bond acceptors (Lipinski definition) is 2. The zero-order valence-electron chi connectivity index (χ0n) is 6.79. The molecule has 0 aliphatic rings. The molecule has 0 unspecified atom stereocenters. The number of rotatable bonds is 3. The summed E-state index contributed by atoms with van der Waals surface area (Å²) in [5, 5.41) is 11.1. The molecule has 0 saturated carbocycles. The molecule has 66 valence electrons. The third-order valence-electron chi connectivity index (χ3n) is 1.32. The van der Waals surface area contributed by atoms with Crippen molar-refractivity contribution in [1.29, 1.82) is 0 Å². The van der Waals surface area contributed by atoms with Crippen molar-refractivity contribution in [2.24, 2.45) is 0 Å². The van der Waals surface area contributed by atoms with Crippen LogP contribution in [0.3, 0.4) is 0 Å². The Morgan fingerprint density at radius 2 is 2.42 bits per heavy atom. The largest absolute Gasteiger partial charge is 0.618 e. The first-order valence-corrected chi connectivity index (χ1v) is 5.12. The molecule has 0 radical (unpaired) electrons. The molecule has 12 heavy (non-hydrogen) atoms. The molecular weight excluding hydrogens is 194 g/mol. The number of hydrogen-bond donors (Lipinski definition) is 0. The number of thioether (sulfide) groups is 1. The van der Waals surface area contributed by atoms with Crippen LogP contribution in [-0.4, -0.2) is 5.75 Å². The van der Waals surface area contributed by atoms with Gasteiger partial charge in [0.2, 0.25) is 0 Å². The maximum absolute atomic E-state index is 10.8. The number of pyridine rings is 1. The molecular formula is C8H10ClNOS. The van der Waals surface area contributed by atoms with E-state index in [2.05, 4.69) is 6.92 Å². The van der Waals surface area contributed by atoms with Gasteiger partial charge in [0.05, 0.1) is 0 Å². The van der Waals surface area contributed by atoms with Crippen molar-refractivity contribution in [2.45, 2.75) is 18.2 Å². The van der Waals surface area contributed by atoms with Gasteiger partial charge in [-0.3, -0.25) is 0 Å². The van der Waals surface area contributed by atoms with E-state index in [1.54, 1.807) is 23.9 Å². The van der Waals surface area contributed by atoms with E-state index >= 15 is 0 Å². The minimum absolute atomic E-state index is 0.233. The van der Waals surface area contributed by atoms with Gasteiger partial charge in [-0.25, -0.2) is 0 Å². The summed E-state index contributed by atoms with van der Waals surface area (Å²) in [5.74, 6) is 1.05. The first-order chi connectivity index (χ1) is 5.74. The summed E-state index contributed by atoms with van der Waals surface area (Å²) >= 11 is 7.34. The Morgan fingerprint density at radius 3 is 3.00 bits per heavy atom. The third-order valence-corrected chi connectivity index (χ3v) is 2.79. The highest BCUT2D eigenvalue weighted by Gasteiger charge is 2.02. The molecule has 0 aliphatic carbocycles. The maximum Gasteiger partial charge on any atom is 0.287 e. The van der Waals surface area contributed by atoms with E-state index in [-0.39, 0.29) is 5.15 Å². The van der Waals surface area contributed by atoms with Gasteiger partial charge in [0, 0.05) is 17.0 Å². The Bertz CT molecular complexity index is 267. The van der Waals surface area contributed by atoms with Crippen molar-refractivity contribution in [3.63, 3.8) is 0 Å². The first kappa shape index (κ1) is 9.68. The van der Waals surface area contributed by atoms with Crippen LogP contribution in [0.5, 0.6) is 0 Å². The average molecular weight is 204 g/mol. The number of halogens is 1. The minimum atomic E-state index is 0.233. The number of nitrogens with zero attached hydrogens (tertiary/aromatic N) is 1. The highest BCUT2D eigenvalue weighted by atomic mass is 35.5. The maximum atomic E-state index is 10.8. The molecule has 0 saturated heterocycles. The van der Waals surface area contributed by atoms with E-state index in [0.717, 1.165) is 17.1 Å². The smallest absolute Gasteiger partial charge is 0.287 e. The molecule has 4 heteroatoms. The normalized spacial score (nSPS) is 10.2. The SMILES string of the molecule is CCCSc1cc[n+]([O-])c(Cl)c1. The first-order valence-electron chi connectivity index (χ1n) is 3.75. The van der Waals surface area contributed by atoms with Gasteiger partial charge in [0.1, 0.15) is 0 Å². The van der Waals surface area contributed by atoms with Crippen LogP contribution in [0.4, 0.5) is 0 Å². The van der Waals surface area contributed by atoms with Crippen LogP contribution in [0, 0.1) is 5.21 Å². The van der Waals surface area contributed by atoms with Gasteiger partial charge >= 0.3 is 0 Å². The van der Waals surface area contributed by atoms with Crippen LogP contribution >= 0.6 is 23.4 Å². The summed E-state index contributed by atoms with van der Waals surface area (Å²) in [7, 11) is 0. The Balaban J connectivity index is 2.69. The van der Waals surface area contributed by atoms with E-state index in [9.17, 15) is 5.21 Å². The Kier molecular flexibility index (Phi) is 3.69. The molecule has 0 atom stereocenters. The summed E-state index contributed by atoms with van der Waals surface area (Å²) < 4.78 is 0.650. The quantitative estimate of drug-likeness (QED) is 0.327. The molecule has 0 amide bonds. The van der Waals surface area contributed by atoms with E-state index in [0.29, 0.717) is 4.73 Å². The van der Waals surface area contributed by atoms with E-state index < -0.39 is 0 Å². The fourth-order valence-corrected chi connectivity index (χ4v) is 1.78. The van der Waals surface area contributed by atoms with Crippen molar-refractivity contribution >= 4 is 23.4 Å². The lowest BCUT2D eigenvalue weighted by Crippen LogP contribution is -2.26. The average Bonchev–Trinajstić information content (AvgIpc) is 2.07. The molecule has 0 fully saturated rings.